The minimum absolute atomic E-state index is 0.00857. The molecule has 2 unspecified atom stereocenters. The first-order valence-electron chi connectivity index (χ1n) is 8.78. The maximum atomic E-state index is 12.9. The van der Waals surface area contributed by atoms with Crippen LogP contribution in [-0.2, 0) is 13.0 Å². The smallest absolute Gasteiger partial charge is 0.268 e. The number of carbonyl (C=O) groups is 1. The van der Waals surface area contributed by atoms with Crippen molar-refractivity contribution in [2.75, 3.05) is 0 Å². The standard InChI is InChI=1S/C20H22N2O3/c1-3-15-12-22-17(11-14-6-4-8-18(25-15)19(14)22)20(23)21-13(2)10-16-7-5-9-24-16/h4-9,11,13,15H,3,10,12H2,1-2H3,(H,21,23). The monoisotopic (exact) mass is 338 g/mol. The Morgan fingerprint density at radius 3 is 3.00 bits per heavy atom. The van der Waals surface area contributed by atoms with E-state index in [4.69, 9.17) is 9.15 Å². The van der Waals surface area contributed by atoms with Gasteiger partial charge in [-0.3, -0.25) is 4.79 Å². The van der Waals surface area contributed by atoms with Gasteiger partial charge in [0.1, 0.15) is 23.3 Å². The zero-order valence-corrected chi connectivity index (χ0v) is 14.5. The Balaban J connectivity index is 1.61. The molecule has 5 nitrogen and oxygen atoms in total. The van der Waals surface area contributed by atoms with Crippen LogP contribution in [0.2, 0.25) is 0 Å². The molecule has 4 rings (SSSR count). The minimum Gasteiger partial charge on any atom is -0.486 e. The average molecular weight is 338 g/mol. The van der Waals surface area contributed by atoms with E-state index in [9.17, 15) is 4.79 Å². The van der Waals surface area contributed by atoms with E-state index in [0.717, 1.165) is 28.8 Å². The fraction of sp³-hybridized carbons (Fsp3) is 0.350. The summed E-state index contributed by atoms with van der Waals surface area (Å²) in [5.74, 6) is 1.67. The molecule has 25 heavy (non-hydrogen) atoms. The third kappa shape index (κ3) is 2.90. The molecule has 3 aromatic rings. The molecule has 3 heterocycles. The van der Waals surface area contributed by atoms with E-state index in [1.54, 1.807) is 6.26 Å². The van der Waals surface area contributed by atoms with Crippen LogP contribution in [-0.4, -0.2) is 22.6 Å². The van der Waals surface area contributed by atoms with E-state index < -0.39 is 0 Å². The lowest BCUT2D eigenvalue weighted by Crippen LogP contribution is -2.36. The number of nitrogens with one attached hydrogen (secondary N) is 1. The molecule has 0 aliphatic carbocycles. The van der Waals surface area contributed by atoms with Crippen molar-refractivity contribution in [1.82, 2.24) is 9.88 Å². The van der Waals surface area contributed by atoms with E-state index in [1.165, 1.54) is 0 Å². The first-order chi connectivity index (χ1) is 12.2. The summed E-state index contributed by atoms with van der Waals surface area (Å²) < 4.78 is 13.5. The highest BCUT2D eigenvalue weighted by molar-refractivity contribution is 6.00. The summed E-state index contributed by atoms with van der Waals surface area (Å²) in [7, 11) is 0. The number of furan rings is 1. The number of ether oxygens (including phenoxy) is 1. The van der Waals surface area contributed by atoms with Crippen LogP contribution in [0.3, 0.4) is 0 Å². The molecule has 2 aromatic heterocycles. The molecule has 0 saturated heterocycles. The fourth-order valence-electron chi connectivity index (χ4n) is 3.48. The van der Waals surface area contributed by atoms with Gasteiger partial charge in [-0.25, -0.2) is 0 Å². The fourth-order valence-corrected chi connectivity index (χ4v) is 3.48. The Labute approximate surface area is 146 Å². The van der Waals surface area contributed by atoms with Gasteiger partial charge in [0.05, 0.1) is 18.3 Å². The van der Waals surface area contributed by atoms with Crippen molar-refractivity contribution in [2.24, 2.45) is 0 Å². The average Bonchev–Trinajstić information content (AvgIpc) is 3.23. The lowest BCUT2D eigenvalue weighted by molar-refractivity contribution is 0.0923. The Morgan fingerprint density at radius 2 is 2.24 bits per heavy atom. The summed E-state index contributed by atoms with van der Waals surface area (Å²) in [6, 6.07) is 11.7. The topological polar surface area (TPSA) is 56.4 Å². The Morgan fingerprint density at radius 1 is 1.36 bits per heavy atom. The van der Waals surface area contributed by atoms with Crippen LogP contribution in [0.5, 0.6) is 5.75 Å². The second-order valence-electron chi connectivity index (χ2n) is 6.64. The van der Waals surface area contributed by atoms with Crippen molar-refractivity contribution >= 4 is 16.8 Å². The van der Waals surface area contributed by atoms with E-state index in [-0.39, 0.29) is 18.1 Å². The number of amides is 1. The normalized spacial score (nSPS) is 17.3. The lowest BCUT2D eigenvalue weighted by atomic mass is 10.2. The summed E-state index contributed by atoms with van der Waals surface area (Å²) in [4.78, 5) is 12.9. The van der Waals surface area contributed by atoms with Gasteiger partial charge < -0.3 is 19.0 Å². The number of nitrogens with zero attached hydrogens (tertiary/aromatic N) is 1. The summed E-state index contributed by atoms with van der Waals surface area (Å²) in [5.41, 5.74) is 1.70. The second kappa shape index (κ2) is 6.31. The molecule has 0 saturated carbocycles. The molecule has 0 radical (unpaired) electrons. The first-order valence-corrected chi connectivity index (χ1v) is 8.78. The van der Waals surface area contributed by atoms with Gasteiger partial charge in [-0.15, -0.1) is 0 Å². The highest BCUT2D eigenvalue weighted by Crippen LogP contribution is 2.34. The maximum Gasteiger partial charge on any atom is 0.268 e. The van der Waals surface area contributed by atoms with Gasteiger partial charge >= 0.3 is 0 Å². The predicted octanol–water partition coefficient (Wildman–Crippen LogP) is 3.77. The van der Waals surface area contributed by atoms with Crippen LogP contribution in [0.4, 0.5) is 0 Å². The number of hydrogen-bond donors (Lipinski definition) is 1. The number of carbonyl (C=O) groups excluding carboxylic acids is 1. The molecular weight excluding hydrogens is 316 g/mol. The number of hydrogen-bond acceptors (Lipinski definition) is 3. The summed E-state index contributed by atoms with van der Waals surface area (Å²) in [6.07, 6.45) is 3.33. The zero-order valence-electron chi connectivity index (χ0n) is 14.5. The van der Waals surface area contributed by atoms with Crippen molar-refractivity contribution in [3.05, 3.63) is 54.1 Å². The van der Waals surface area contributed by atoms with Crippen LogP contribution in [0.1, 0.15) is 36.5 Å². The molecule has 5 heteroatoms. The van der Waals surface area contributed by atoms with Gasteiger partial charge in [-0.05, 0) is 37.6 Å². The lowest BCUT2D eigenvalue weighted by Gasteiger charge is -2.26. The molecule has 1 N–H and O–H groups in total. The molecule has 2 atom stereocenters. The van der Waals surface area contributed by atoms with Crippen molar-refractivity contribution in [1.29, 1.82) is 0 Å². The van der Waals surface area contributed by atoms with Crippen molar-refractivity contribution < 1.29 is 13.9 Å². The van der Waals surface area contributed by atoms with Crippen molar-refractivity contribution in [3.63, 3.8) is 0 Å². The van der Waals surface area contributed by atoms with Crippen LogP contribution >= 0.6 is 0 Å². The molecule has 0 spiro atoms. The molecule has 1 aromatic carbocycles. The number of aromatic nitrogens is 1. The third-order valence-corrected chi connectivity index (χ3v) is 4.72. The highest BCUT2D eigenvalue weighted by atomic mass is 16.5. The Bertz CT molecular complexity index is 895. The molecule has 0 fully saturated rings. The second-order valence-corrected chi connectivity index (χ2v) is 6.64. The number of benzene rings is 1. The Kier molecular flexibility index (Phi) is 3.99. The highest BCUT2D eigenvalue weighted by Gasteiger charge is 2.26. The van der Waals surface area contributed by atoms with E-state index in [0.29, 0.717) is 18.7 Å². The quantitative estimate of drug-likeness (QED) is 0.770. The largest absolute Gasteiger partial charge is 0.486 e. The van der Waals surface area contributed by atoms with Crippen LogP contribution < -0.4 is 10.1 Å². The number of para-hydroxylation sites is 1. The molecule has 1 aliphatic heterocycles. The molecule has 130 valence electrons. The van der Waals surface area contributed by atoms with E-state index in [2.05, 4.69) is 16.8 Å². The van der Waals surface area contributed by atoms with Crippen LogP contribution in [0.15, 0.2) is 47.1 Å². The summed E-state index contributed by atoms with van der Waals surface area (Å²) in [5, 5.41) is 4.12. The van der Waals surface area contributed by atoms with Crippen LogP contribution in [0, 0.1) is 0 Å². The molecule has 1 aliphatic rings. The number of rotatable bonds is 5. The van der Waals surface area contributed by atoms with E-state index in [1.807, 2.05) is 43.3 Å². The predicted molar refractivity (Wildman–Crippen MR) is 96.0 cm³/mol. The molecule has 0 bridgehead atoms. The first kappa shape index (κ1) is 15.8. The third-order valence-electron chi connectivity index (χ3n) is 4.72. The summed E-state index contributed by atoms with van der Waals surface area (Å²) >= 11 is 0. The summed E-state index contributed by atoms with van der Waals surface area (Å²) in [6.45, 7) is 4.79. The van der Waals surface area contributed by atoms with Gasteiger partial charge in [0.25, 0.3) is 5.91 Å². The van der Waals surface area contributed by atoms with Gasteiger partial charge in [-0.1, -0.05) is 19.1 Å². The molecule has 1 amide bonds. The minimum atomic E-state index is -0.0574. The van der Waals surface area contributed by atoms with Gasteiger partial charge in [-0.2, -0.15) is 0 Å². The molecular formula is C20H22N2O3. The van der Waals surface area contributed by atoms with Crippen molar-refractivity contribution in [2.45, 2.75) is 45.4 Å². The van der Waals surface area contributed by atoms with E-state index >= 15 is 0 Å². The van der Waals surface area contributed by atoms with Gasteiger partial charge in [0, 0.05) is 17.8 Å². The Hall–Kier alpha value is -2.69. The zero-order chi connectivity index (χ0) is 17.4. The van der Waals surface area contributed by atoms with Gasteiger partial charge in [0.15, 0.2) is 0 Å². The van der Waals surface area contributed by atoms with Crippen LogP contribution in [0.25, 0.3) is 10.9 Å². The van der Waals surface area contributed by atoms with Crippen molar-refractivity contribution in [3.8, 4) is 5.75 Å². The maximum absolute atomic E-state index is 12.9. The SMILES string of the molecule is CCC1Cn2c(C(=O)NC(C)Cc3ccco3)cc3cccc(c32)O1. The van der Waals surface area contributed by atoms with Gasteiger partial charge in [0.2, 0.25) is 0 Å².